The number of ether oxygens (including phenoxy) is 1. The number of amides is 2. The molecule has 4 aromatic rings. The Morgan fingerprint density at radius 2 is 1.71 bits per heavy atom. The number of fused-ring (bicyclic) bond motifs is 1. The lowest BCUT2D eigenvalue weighted by molar-refractivity contribution is -0.133. The van der Waals surface area contributed by atoms with E-state index in [9.17, 15) is 14.7 Å². The van der Waals surface area contributed by atoms with E-state index in [1.54, 1.807) is 47.2 Å². The molecule has 2 aromatic carbocycles. The van der Waals surface area contributed by atoms with Crippen LogP contribution in [0.2, 0.25) is 0 Å². The lowest BCUT2D eigenvalue weighted by Crippen LogP contribution is -2.50. The topological polar surface area (TPSA) is 112 Å². The predicted molar refractivity (Wildman–Crippen MR) is 145 cm³/mol. The average molecular weight is 512 g/mol. The Hall–Kier alpha value is -4.50. The van der Waals surface area contributed by atoms with E-state index in [1.165, 1.54) is 0 Å². The number of nitrogens with zero attached hydrogens (tertiary/aromatic N) is 4. The van der Waals surface area contributed by atoms with Gasteiger partial charge in [0, 0.05) is 38.9 Å². The van der Waals surface area contributed by atoms with E-state index in [0.717, 1.165) is 11.1 Å². The van der Waals surface area contributed by atoms with Crippen LogP contribution in [-0.2, 0) is 9.53 Å². The van der Waals surface area contributed by atoms with Gasteiger partial charge >= 0.3 is 0 Å². The second-order valence-electron chi connectivity index (χ2n) is 9.10. The Bertz CT molecular complexity index is 1460. The number of piperazine rings is 1. The maximum Gasteiger partial charge on any atom is 0.254 e. The third-order valence-corrected chi connectivity index (χ3v) is 6.63. The number of rotatable bonds is 7. The van der Waals surface area contributed by atoms with Gasteiger partial charge in [-0.25, -0.2) is 4.98 Å². The number of carbonyl (C=O) groups excluding carboxylic acids is 2. The molecule has 0 bridgehead atoms. The van der Waals surface area contributed by atoms with Crippen LogP contribution in [0.3, 0.4) is 0 Å². The number of benzene rings is 2. The van der Waals surface area contributed by atoms with Crippen LogP contribution in [0.1, 0.15) is 28.0 Å². The number of phenols is 1. The quantitative estimate of drug-likeness (QED) is 0.390. The van der Waals surface area contributed by atoms with Gasteiger partial charge in [0.15, 0.2) is 5.65 Å². The number of hydrogen-bond donors (Lipinski definition) is 2. The van der Waals surface area contributed by atoms with Crippen molar-refractivity contribution in [1.29, 1.82) is 0 Å². The Kier molecular flexibility index (Phi) is 7.46. The van der Waals surface area contributed by atoms with E-state index in [4.69, 9.17) is 9.72 Å². The third kappa shape index (κ3) is 5.42. The van der Waals surface area contributed by atoms with Crippen molar-refractivity contribution in [3.05, 3.63) is 77.5 Å². The molecule has 2 N–H and O–H groups in total. The van der Waals surface area contributed by atoms with Crippen molar-refractivity contribution in [3.63, 3.8) is 0 Å². The van der Waals surface area contributed by atoms with Crippen molar-refractivity contribution < 1.29 is 19.4 Å². The molecule has 2 aromatic heterocycles. The van der Waals surface area contributed by atoms with Crippen molar-refractivity contribution in [2.75, 3.05) is 39.9 Å². The molecule has 3 heterocycles. The lowest BCUT2D eigenvalue weighted by atomic mass is 10.0. The van der Waals surface area contributed by atoms with E-state index in [1.807, 2.05) is 42.5 Å². The first-order valence-corrected chi connectivity index (χ1v) is 12.5. The molecule has 0 spiro atoms. The maximum absolute atomic E-state index is 13.9. The molecule has 2 amide bonds. The van der Waals surface area contributed by atoms with Crippen LogP contribution in [0.15, 0.2) is 60.7 Å². The summed E-state index contributed by atoms with van der Waals surface area (Å²) < 4.78 is 5.02. The highest BCUT2D eigenvalue weighted by Crippen LogP contribution is 2.29. The molecule has 0 unspecified atom stereocenters. The van der Waals surface area contributed by atoms with E-state index in [-0.39, 0.29) is 17.6 Å². The van der Waals surface area contributed by atoms with E-state index in [2.05, 4.69) is 10.2 Å². The van der Waals surface area contributed by atoms with Gasteiger partial charge in [0.2, 0.25) is 5.91 Å². The SMILES string of the molecule is COCCC(=O)N1CCN(C(=O)c2cc(-c3ccc(O)cc3)nc3n[nH]c(C=Cc4ccccc4)c23)CC1. The van der Waals surface area contributed by atoms with Crippen molar-refractivity contribution in [2.45, 2.75) is 6.42 Å². The van der Waals surface area contributed by atoms with Crippen LogP contribution >= 0.6 is 0 Å². The first-order valence-electron chi connectivity index (χ1n) is 12.5. The van der Waals surface area contributed by atoms with Gasteiger partial charge in [-0.2, -0.15) is 5.10 Å². The molecule has 38 heavy (non-hydrogen) atoms. The number of methoxy groups -OCH3 is 1. The zero-order chi connectivity index (χ0) is 26.5. The summed E-state index contributed by atoms with van der Waals surface area (Å²) in [5.41, 5.74) is 3.96. The minimum absolute atomic E-state index is 0.0306. The number of aromatic hydroxyl groups is 1. The second-order valence-corrected chi connectivity index (χ2v) is 9.10. The summed E-state index contributed by atoms with van der Waals surface area (Å²) in [6, 6.07) is 18.3. The number of carbonyl (C=O) groups is 2. The molecule has 9 heteroatoms. The summed E-state index contributed by atoms with van der Waals surface area (Å²) in [5.74, 6) is 0.0392. The average Bonchev–Trinajstić information content (AvgIpc) is 3.38. The molecule has 1 saturated heterocycles. The van der Waals surface area contributed by atoms with Gasteiger partial charge in [0.25, 0.3) is 5.91 Å². The van der Waals surface area contributed by atoms with Gasteiger partial charge < -0.3 is 19.6 Å². The van der Waals surface area contributed by atoms with Crippen LogP contribution in [-0.4, -0.2) is 81.8 Å². The van der Waals surface area contributed by atoms with Crippen LogP contribution < -0.4 is 0 Å². The number of hydrogen-bond acceptors (Lipinski definition) is 6. The van der Waals surface area contributed by atoms with Crippen molar-refractivity contribution in [3.8, 4) is 17.0 Å². The molecular formula is C29H29N5O4. The predicted octanol–water partition coefficient (Wildman–Crippen LogP) is 3.82. The molecule has 5 rings (SSSR count). The molecule has 0 aliphatic carbocycles. The fourth-order valence-corrected chi connectivity index (χ4v) is 4.54. The smallest absolute Gasteiger partial charge is 0.254 e. The molecule has 194 valence electrons. The first kappa shape index (κ1) is 25.2. The fourth-order valence-electron chi connectivity index (χ4n) is 4.54. The maximum atomic E-state index is 13.9. The summed E-state index contributed by atoms with van der Waals surface area (Å²) in [5, 5.41) is 17.8. The summed E-state index contributed by atoms with van der Waals surface area (Å²) in [4.78, 5) is 34.5. The number of H-pyrrole nitrogens is 1. The van der Waals surface area contributed by atoms with Crippen LogP contribution in [0.25, 0.3) is 34.4 Å². The summed E-state index contributed by atoms with van der Waals surface area (Å²) in [6.45, 7) is 2.19. The van der Waals surface area contributed by atoms with E-state index in [0.29, 0.717) is 67.2 Å². The largest absolute Gasteiger partial charge is 0.508 e. The zero-order valence-corrected chi connectivity index (χ0v) is 21.1. The minimum atomic E-state index is -0.142. The molecule has 1 aliphatic rings. The molecule has 0 atom stereocenters. The zero-order valence-electron chi connectivity index (χ0n) is 21.1. The van der Waals surface area contributed by atoms with Crippen LogP contribution in [0.4, 0.5) is 0 Å². The number of aromatic nitrogens is 3. The molecule has 9 nitrogen and oxygen atoms in total. The molecule has 1 aliphatic heterocycles. The standard InChI is InChI=1S/C29H29N5O4/c1-38-18-13-26(36)33-14-16-34(17-15-33)29(37)23-19-25(21-8-10-22(35)11-9-21)30-28-27(23)24(31-32-28)12-7-20-5-3-2-4-6-20/h2-12,19,35H,13-18H2,1H3,(H,30,31,32). The lowest BCUT2D eigenvalue weighted by Gasteiger charge is -2.35. The highest BCUT2D eigenvalue weighted by molar-refractivity contribution is 6.09. The van der Waals surface area contributed by atoms with Crippen LogP contribution in [0, 0.1) is 0 Å². The van der Waals surface area contributed by atoms with Gasteiger partial charge in [-0.15, -0.1) is 0 Å². The van der Waals surface area contributed by atoms with Gasteiger partial charge in [-0.1, -0.05) is 36.4 Å². The Labute approximate surface area is 220 Å². The third-order valence-electron chi connectivity index (χ3n) is 6.63. The van der Waals surface area contributed by atoms with Gasteiger partial charge in [-0.3, -0.25) is 14.7 Å². The summed E-state index contributed by atoms with van der Waals surface area (Å²) in [7, 11) is 1.57. The Morgan fingerprint density at radius 3 is 2.42 bits per heavy atom. The second kappa shape index (κ2) is 11.3. The van der Waals surface area contributed by atoms with Gasteiger partial charge in [0.05, 0.1) is 35.4 Å². The summed E-state index contributed by atoms with van der Waals surface area (Å²) >= 11 is 0. The molecule has 0 radical (unpaired) electrons. The highest BCUT2D eigenvalue weighted by atomic mass is 16.5. The van der Waals surface area contributed by atoms with Crippen molar-refractivity contribution in [1.82, 2.24) is 25.0 Å². The van der Waals surface area contributed by atoms with E-state index < -0.39 is 0 Å². The Morgan fingerprint density at radius 1 is 1.00 bits per heavy atom. The summed E-state index contributed by atoms with van der Waals surface area (Å²) in [6.07, 6.45) is 4.19. The highest BCUT2D eigenvalue weighted by Gasteiger charge is 2.27. The van der Waals surface area contributed by atoms with Gasteiger partial charge in [-0.05, 0) is 42.0 Å². The van der Waals surface area contributed by atoms with E-state index >= 15 is 0 Å². The Balaban J connectivity index is 1.49. The van der Waals surface area contributed by atoms with Gasteiger partial charge in [0.1, 0.15) is 5.75 Å². The molecule has 1 fully saturated rings. The monoisotopic (exact) mass is 511 g/mol. The molecule has 0 saturated carbocycles. The van der Waals surface area contributed by atoms with Crippen LogP contribution in [0.5, 0.6) is 5.75 Å². The normalized spacial score (nSPS) is 13.9. The van der Waals surface area contributed by atoms with Crippen molar-refractivity contribution in [2.24, 2.45) is 0 Å². The molecular weight excluding hydrogens is 482 g/mol. The number of nitrogens with one attached hydrogen (secondary N) is 1. The number of pyridine rings is 1. The number of phenolic OH excluding ortho intramolecular Hbond substituents is 1. The minimum Gasteiger partial charge on any atom is -0.508 e. The first-order chi connectivity index (χ1) is 18.5. The number of aromatic amines is 1. The van der Waals surface area contributed by atoms with Crippen molar-refractivity contribution >= 4 is 35.0 Å². The fraction of sp³-hybridized carbons (Fsp3) is 0.241.